The molecule has 0 saturated carbocycles. The summed E-state index contributed by atoms with van der Waals surface area (Å²) >= 11 is 0. The number of carbonyl (C=O) groups is 1. The number of benzene rings is 1. The molecule has 146 valence electrons. The molecule has 0 aliphatic rings. The van der Waals surface area contributed by atoms with E-state index in [1.54, 1.807) is 38.2 Å². The van der Waals surface area contributed by atoms with Crippen LogP contribution in [0.1, 0.15) is 29.9 Å². The molecular weight excluding hydrogens is 370 g/mol. The number of sulfonamides is 1. The number of nitrogens with one attached hydrogen (secondary N) is 1. The molecule has 0 atom stereocenters. The summed E-state index contributed by atoms with van der Waals surface area (Å²) in [5, 5.41) is 0. The first kappa shape index (κ1) is 21.0. The molecule has 0 spiro atoms. The van der Waals surface area contributed by atoms with Crippen molar-refractivity contribution in [1.29, 1.82) is 0 Å². The Morgan fingerprint density at radius 3 is 2.22 bits per heavy atom. The number of nitrogens with two attached hydrogens (primary N) is 1. The van der Waals surface area contributed by atoms with Gasteiger partial charge in [-0.15, -0.1) is 0 Å². The molecule has 0 bridgehead atoms. The molecule has 3 N–H and O–H groups in total. The van der Waals surface area contributed by atoms with Crippen LogP contribution in [0.2, 0.25) is 0 Å². The van der Waals surface area contributed by atoms with Crippen LogP contribution in [0.15, 0.2) is 53.6 Å². The normalized spacial score (nSPS) is 12.1. The monoisotopic (exact) mass is 393 g/mol. The van der Waals surface area contributed by atoms with Crippen molar-refractivity contribution in [3.8, 4) is 0 Å². The average molecular weight is 393 g/mol. The van der Waals surface area contributed by atoms with Crippen molar-refractivity contribution in [2.75, 3.05) is 19.8 Å². The third-order valence-corrected chi connectivity index (χ3v) is 5.17. The number of hydrogen-bond acceptors (Lipinski definition) is 6. The minimum atomic E-state index is -3.87. The van der Waals surface area contributed by atoms with E-state index in [0.717, 1.165) is 0 Å². The summed E-state index contributed by atoms with van der Waals surface area (Å²) in [5.74, 6) is -1.99. The van der Waals surface area contributed by atoms with Crippen molar-refractivity contribution in [3.63, 3.8) is 0 Å². The van der Waals surface area contributed by atoms with Gasteiger partial charge in [-0.05, 0) is 50.2 Å². The quantitative estimate of drug-likeness (QED) is 0.589. The van der Waals surface area contributed by atoms with Crippen LogP contribution in [0.25, 0.3) is 0 Å². The maximum atomic E-state index is 12.6. The minimum absolute atomic E-state index is 0.00424. The molecule has 1 amide bonds. The van der Waals surface area contributed by atoms with Crippen LogP contribution in [0.4, 0.5) is 0 Å². The van der Waals surface area contributed by atoms with Crippen molar-refractivity contribution < 1.29 is 22.7 Å². The number of rotatable bonds is 10. The Balaban J connectivity index is 2.28. The number of ether oxygens (including phenoxy) is 2. The standard InChI is InChI=1S/C18H23N3O5S/c1-3-25-18(26-4-2,16-7-5-6-12-20-16)13-21-27(23,24)15-10-8-14(9-11-15)17(19)22/h5-12,21H,3-4,13H2,1-2H3,(H2,19,22). The molecule has 0 aliphatic heterocycles. The molecule has 0 aliphatic carbocycles. The van der Waals surface area contributed by atoms with Crippen LogP contribution in [0, 0.1) is 0 Å². The van der Waals surface area contributed by atoms with Crippen LogP contribution in [0.3, 0.4) is 0 Å². The van der Waals surface area contributed by atoms with Crippen LogP contribution in [-0.4, -0.2) is 39.1 Å². The molecule has 2 rings (SSSR count). The zero-order chi connectivity index (χ0) is 19.9. The Morgan fingerprint density at radius 1 is 1.11 bits per heavy atom. The van der Waals surface area contributed by atoms with Gasteiger partial charge in [-0.1, -0.05) is 6.07 Å². The molecule has 27 heavy (non-hydrogen) atoms. The van der Waals surface area contributed by atoms with E-state index in [1.807, 2.05) is 0 Å². The van der Waals surface area contributed by atoms with Crippen molar-refractivity contribution in [2.45, 2.75) is 24.5 Å². The van der Waals surface area contributed by atoms with Gasteiger partial charge >= 0.3 is 0 Å². The van der Waals surface area contributed by atoms with E-state index in [2.05, 4.69) is 9.71 Å². The van der Waals surface area contributed by atoms with E-state index in [4.69, 9.17) is 15.2 Å². The molecule has 2 aromatic rings. The summed E-state index contributed by atoms with van der Waals surface area (Å²) < 4.78 is 39.3. The van der Waals surface area contributed by atoms with Gasteiger partial charge in [-0.25, -0.2) is 13.1 Å². The number of amides is 1. The SMILES string of the molecule is CCOC(CNS(=O)(=O)c1ccc(C(N)=O)cc1)(OCC)c1ccccn1. The molecule has 1 heterocycles. The molecule has 9 heteroatoms. The highest BCUT2D eigenvalue weighted by molar-refractivity contribution is 7.89. The number of nitrogens with zero attached hydrogens (tertiary/aromatic N) is 1. The van der Waals surface area contributed by atoms with E-state index in [0.29, 0.717) is 18.9 Å². The average Bonchev–Trinajstić information content (AvgIpc) is 2.67. The lowest BCUT2D eigenvalue weighted by molar-refractivity contribution is -0.239. The maximum absolute atomic E-state index is 12.6. The van der Waals surface area contributed by atoms with Crippen molar-refractivity contribution in [2.24, 2.45) is 5.73 Å². The Morgan fingerprint density at radius 2 is 1.74 bits per heavy atom. The second-order valence-corrected chi connectivity index (χ2v) is 7.31. The van der Waals surface area contributed by atoms with Crippen LogP contribution < -0.4 is 10.5 Å². The van der Waals surface area contributed by atoms with E-state index in [1.165, 1.54) is 24.3 Å². The lowest BCUT2D eigenvalue weighted by Gasteiger charge is -2.32. The van der Waals surface area contributed by atoms with Gasteiger partial charge in [-0.3, -0.25) is 9.78 Å². The summed E-state index contributed by atoms with van der Waals surface area (Å²) in [7, 11) is -3.87. The van der Waals surface area contributed by atoms with Gasteiger partial charge in [0.2, 0.25) is 21.7 Å². The van der Waals surface area contributed by atoms with E-state index >= 15 is 0 Å². The fourth-order valence-electron chi connectivity index (χ4n) is 2.51. The highest BCUT2D eigenvalue weighted by Crippen LogP contribution is 2.26. The second-order valence-electron chi connectivity index (χ2n) is 5.55. The van der Waals surface area contributed by atoms with Gasteiger partial charge in [0.25, 0.3) is 0 Å². The molecule has 0 saturated heterocycles. The number of aromatic nitrogens is 1. The molecule has 8 nitrogen and oxygen atoms in total. The smallest absolute Gasteiger partial charge is 0.248 e. The highest BCUT2D eigenvalue weighted by atomic mass is 32.2. The zero-order valence-electron chi connectivity index (χ0n) is 15.2. The molecular formula is C18H23N3O5S. The first-order valence-electron chi connectivity index (χ1n) is 8.43. The van der Waals surface area contributed by atoms with Crippen molar-refractivity contribution >= 4 is 15.9 Å². The number of pyridine rings is 1. The van der Waals surface area contributed by atoms with E-state index < -0.39 is 21.7 Å². The third kappa shape index (κ3) is 5.10. The Labute approximate surface area is 158 Å². The number of carbonyl (C=O) groups excluding carboxylic acids is 1. The topological polar surface area (TPSA) is 121 Å². The second kappa shape index (κ2) is 9.05. The third-order valence-electron chi connectivity index (χ3n) is 3.75. The van der Waals surface area contributed by atoms with Gasteiger partial charge < -0.3 is 15.2 Å². The zero-order valence-corrected chi connectivity index (χ0v) is 16.0. The van der Waals surface area contributed by atoms with Gasteiger partial charge in [0, 0.05) is 25.0 Å². The van der Waals surface area contributed by atoms with E-state index in [9.17, 15) is 13.2 Å². The van der Waals surface area contributed by atoms with Gasteiger partial charge in [0.15, 0.2) is 0 Å². The summed E-state index contributed by atoms with van der Waals surface area (Å²) in [5.41, 5.74) is 5.86. The lowest BCUT2D eigenvalue weighted by Crippen LogP contribution is -2.45. The highest BCUT2D eigenvalue weighted by Gasteiger charge is 2.37. The first-order valence-corrected chi connectivity index (χ1v) is 9.92. The van der Waals surface area contributed by atoms with Crippen molar-refractivity contribution in [3.05, 3.63) is 59.9 Å². The van der Waals surface area contributed by atoms with Crippen molar-refractivity contribution in [1.82, 2.24) is 9.71 Å². The lowest BCUT2D eigenvalue weighted by atomic mass is 10.1. The summed E-state index contributed by atoms with van der Waals surface area (Å²) in [6, 6.07) is 10.6. The molecule has 0 unspecified atom stereocenters. The number of primary amides is 1. The number of hydrogen-bond donors (Lipinski definition) is 2. The fraction of sp³-hybridized carbons (Fsp3) is 0.333. The molecule has 1 aromatic heterocycles. The Bertz CT molecular complexity index is 848. The van der Waals surface area contributed by atoms with Gasteiger partial charge in [0.1, 0.15) is 5.69 Å². The summed E-state index contributed by atoms with van der Waals surface area (Å²) in [6.07, 6.45) is 1.58. The largest absolute Gasteiger partial charge is 0.366 e. The molecule has 0 radical (unpaired) electrons. The van der Waals surface area contributed by atoms with Crippen LogP contribution >= 0.6 is 0 Å². The first-order chi connectivity index (χ1) is 12.8. The Kier molecular flexibility index (Phi) is 7.03. The maximum Gasteiger partial charge on any atom is 0.248 e. The minimum Gasteiger partial charge on any atom is -0.366 e. The molecule has 1 aromatic carbocycles. The van der Waals surface area contributed by atoms with Gasteiger partial charge in [0.05, 0.1) is 11.4 Å². The fourth-order valence-corrected chi connectivity index (χ4v) is 3.55. The molecule has 0 fully saturated rings. The summed E-state index contributed by atoms with van der Waals surface area (Å²) in [4.78, 5) is 15.4. The van der Waals surface area contributed by atoms with E-state index in [-0.39, 0.29) is 17.0 Å². The predicted molar refractivity (Wildman–Crippen MR) is 99.3 cm³/mol. The summed E-state index contributed by atoms with van der Waals surface area (Å²) in [6.45, 7) is 3.99. The Hall–Kier alpha value is -2.33. The van der Waals surface area contributed by atoms with Crippen LogP contribution in [0.5, 0.6) is 0 Å². The van der Waals surface area contributed by atoms with Crippen LogP contribution in [-0.2, 0) is 25.3 Å². The van der Waals surface area contributed by atoms with Gasteiger partial charge in [-0.2, -0.15) is 0 Å². The predicted octanol–water partition coefficient (Wildman–Crippen LogP) is 1.38.